The van der Waals surface area contributed by atoms with Crippen LogP contribution in [0.4, 0.5) is 0 Å². The summed E-state index contributed by atoms with van der Waals surface area (Å²) in [5.41, 5.74) is 5.58. The van der Waals surface area contributed by atoms with Crippen LogP contribution in [0.2, 0.25) is 0 Å². The molecule has 0 bridgehead atoms. The van der Waals surface area contributed by atoms with Gasteiger partial charge in [0.05, 0.1) is 33.7 Å². The number of nitrogens with zero attached hydrogens (tertiary/aromatic N) is 5. The van der Waals surface area contributed by atoms with Crippen molar-refractivity contribution in [1.29, 1.82) is 0 Å². The molecule has 6 aromatic rings. The first-order valence-corrected chi connectivity index (χ1v) is 14.3. The lowest BCUT2D eigenvalue weighted by molar-refractivity contribution is -0.118. The second-order valence-corrected chi connectivity index (χ2v) is 11.9. The van der Waals surface area contributed by atoms with E-state index in [0.717, 1.165) is 44.7 Å². The molecule has 1 aliphatic carbocycles. The van der Waals surface area contributed by atoms with Crippen LogP contribution in [0.3, 0.4) is 0 Å². The Bertz CT molecular complexity index is 2070. The normalized spacial score (nSPS) is 21.4. The van der Waals surface area contributed by atoms with Crippen molar-refractivity contribution < 1.29 is 14.7 Å². The third-order valence-corrected chi connectivity index (χ3v) is 8.73. The van der Waals surface area contributed by atoms with Crippen LogP contribution in [-0.4, -0.2) is 47.0 Å². The van der Waals surface area contributed by atoms with Gasteiger partial charge in [0, 0.05) is 41.6 Å². The van der Waals surface area contributed by atoms with Crippen molar-refractivity contribution in [3.05, 3.63) is 120 Å². The average molecular weight is 566 g/mol. The molecule has 0 radical (unpaired) electrons. The first kappa shape index (κ1) is 25.5. The van der Waals surface area contributed by atoms with E-state index in [1.807, 2.05) is 61.7 Å². The summed E-state index contributed by atoms with van der Waals surface area (Å²) in [6, 6.07) is 28.9. The van der Waals surface area contributed by atoms with Crippen LogP contribution in [-0.2, 0) is 5.54 Å². The van der Waals surface area contributed by atoms with E-state index in [2.05, 4.69) is 28.3 Å². The molecule has 0 unspecified atom stereocenters. The number of hydrogen-bond acceptors (Lipinski definition) is 6. The van der Waals surface area contributed by atoms with E-state index in [1.165, 1.54) is 4.90 Å². The summed E-state index contributed by atoms with van der Waals surface area (Å²) in [4.78, 5) is 38.2. The van der Waals surface area contributed by atoms with Gasteiger partial charge in [0.1, 0.15) is 0 Å². The highest BCUT2D eigenvalue weighted by atomic mass is 16.3. The van der Waals surface area contributed by atoms with Crippen molar-refractivity contribution in [2.24, 2.45) is 0 Å². The number of pyridine rings is 1. The van der Waals surface area contributed by atoms with Gasteiger partial charge in [-0.25, -0.2) is 9.97 Å². The maximum absolute atomic E-state index is 13.6. The number of hydrogen-bond donors (Lipinski definition) is 1. The Balaban J connectivity index is 1.27. The number of benzene rings is 3. The number of aliphatic hydroxyl groups is 1. The Morgan fingerprint density at radius 3 is 2.09 bits per heavy atom. The summed E-state index contributed by atoms with van der Waals surface area (Å²) in [5, 5.41) is 16.4. The lowest BCUT2D eigenvalue weighted by Crippen LogP contribution is -2.63. The van der Waals surface area contributed by atoms with E-state index in [1.54, 1.807) is 35.7 Å². The van der Waals surface area contributed by atoms with Gasteiger partial charge in [-0.05, 0) is 43.2 Å². The first-order valence-electron chi connectivity index (χ1n) is 14.3. The Morgan fingerprint density at radius 1 is 0.791 bits per heavy atom. The molecule has 8 heteroatoms. The molecule has 3 aromatic carbocycles. The van der Waals surface area contributed by atoms with Gasteiger partial charge in [-0.3, -0.25) is 14.5 Å². The van der Waals surface area contributed by atoms with Crippen molar-refractivity contribution in [3.8, 4) is 22.4 Å². The fourth-order valence-corrected chi connectivity index (χ4v) is 6.93. The Labute approximate surface area is 247 Å². The third kappa shape index (κ3) is 3.76. The zero-order valence-corrected chi connectivity index (χ0v) is 23.7. The van der Waals surface area contributed by atoms with E-state index in [-0.39, 0.29) is 24.7 Å². The first-order chi connectivity index (χ1) is 20.7. The van der Waals surface area contributed by atoms with Gasteiger partial charge in [-0.1, -0.05) is 66.7 Å². The van der Waals surface area contributed by atoms with Crippen LogP contribution in [0.15, 0.2) is 97.2 Å². The summed E-state index contributed by atoms with van der Waals surface area (Å²) < 4.78 is 1.77. The molecule has 2 aliphatic rings. The Morgan fingerprint density at radius 2 is 1.44 bits per heavy atom. The highest BCUT2D eigenvalue weighted by Crippen LogP contribution is 2.54. The molecule has 8 nitrogen and oxygen atoms in total. The maximum atomic E-state index is 13.6. The topological polar surface area (TPSA) is 101 Å². The molecule has 1 aliphatic heterocycles. The summed E-state index contributed by atoms with van der Waals surface area (Å²) >= 11 is 0. The Hall–Kier alpha value is -5.21. The maximum Gasteiger partial charge on any atom is 0.262 e. The third-order valence-electron chi connectivity index (χ3n) is 8.73. The molecule has 0 spiro atoms. The number of fused-ring (bicyclic) bond motifs is 4. The van der Waals surface area contributed by atoms with Crippen molar-refractivity contribution in [2.45, 2.75) is 37.8 Å². The minimum absolute atomic E-state index is 0.262. The molecule has 1 saturated carbocycles. The standard InChI is InChI=1S/C35H27N5O3/c1-21-16-29-36-18-24-17-28(22-8-4-3-5-9-22)30(37-31(24)40(29)38-21)23-12-14-25(15-13-23)35(19-34(2,43)20-35)39-32(41)26-10-6-7-11-27(26)33(39)42/h3-18,43H,19-20H2,1-2H3/t34-,35+. The van der Waals surface area contributed by atoms with Crippen LogP contribution in [0.25, 0.3) is 39.1 Å². The van der Waals surface area contributed by atoms with E-state index < -0.39 is 11.1 Å². The minimum Gasteiger partial charge on any atom is -0.390 e. The zero-order valence-electron chi connectivity index (χ0n) is 23.7. The van der Waals surface area contributed by atoms with E-state index in [9.17, 15) is 14.7 Å². The fourth-order valence-electron chi connectivity index (χ4n) is 6.93. The quantitative estimate of drug-likeness (QED) is 0.265. The number of carbonyl (C=O) groups is 2. The van der Waals surface area contributed by atoms with Gasteiger partial charge >= 0.3 is 0 Å². The van der Waals surface area contributed by atoms with E-state index >= 15 is 0 Å². The van der Waals surface area contributed by atoms with Crippen LogP contribution < -0.4 is 0 Å². The molecule has 1 fully saturated rings. The fraction of sp³-hybridized carbons (Fsp3) is 0.171. The minimum atomic E-state index is -0.990. The van der Waals surface area contributed by atoms with Gasteiger partial charge < -0.3 is 5.11 Å². The molecular weight excluding hydrogens is 538 g/mol. The summed E-state index contributed by atoms with van der Waals surface area (Å²) in [6.45, 7) is 3.68. The molecule has 210 valence electrons. The van der Waals surface area contributed by atoms with Crippen LogP contribution in [0.1, 0.15) is 51.7 Å². The average Bonchev–Trinajstić information content (AvgIpc) is 3.52. The van der Waals surface area contributed by atoms with Crippen LogP contribution in [0.5, 0.6) is 0 Å². The predicted octanol–water partition coefficient (Wildman–Crippen LogP) is 5.96. The summed E-state index contributed by atoms with van der Waals surface area (Å²) in [5.74, 6) is -0.648. The number of imide groups is 1. The molecule has 4 heterocycles. The van der Waals surface area contributed by atoms with Crippen LogP contribution >= 0.6 is 0 Å². The number of carbonyl (C=O) groups excluding carboxylic acids is 2. The molecule has 3 aromatic heterocycles. The zero-order chi connectivity index (χ0) is 29.5. The van der Waals surface area contributed by atoms with Crippen LogP contribution in [0, 0.1) is 6.92 Å². The van der Waals surface area contributed by atoms with Crippen molar-refractivity contribution >= 4 is 28.5 Å². The van der Waals surface area contributed by atoms with Crippen molar-refractivity contribution in [3.63, 3.8) is 0 Å². The van der Waals surface area contributed by atoms with Crippen molar-refractivity contribution in [2.75, 3.05) is 0 Å². The number of amides is 2. The Kier molecular flexibility index (Phi) is 5.27. The second kappa shape index (κ2) is 8.89. The number of aryl methyl sites for hydroxylation is 1. The predicted molar refractivity (Wildman–Crippen MR) is 162 cm³/mol. The smallest absolute Gasteiger partial charge is 0.262 e. The summed E-state index contributed by atoms with van der Waals surface area (Å²) in [7, 11) is 0. The highest BCUT2D eigenvalue weighted by Gasteiger charge is 2.60. The van der Waals surface area contributed by atoms with Gasteiger partial charge in [0.15, 0.2) is 11.3 Å². The number of rotatable bonds is 4. The van der Waals surface area contributed by atoms with E-state index in [4.69, 9.17) is 4.98 Å². The van der Waals surface area contributed by atoms with Gasteiger partial charge in [0.25, 0.3) is 11.8 Å². The SMILES string of the molecule is Cc1cc2ncc3cc(-c4ccccc4)c(-c4ccc([C@]5(N6C(=O)c7ccccc7C6=O)C[C@@](C)(O)C5)cc4)nc3n2n1. The van der Waals surface area contributed by atoms with E-state index in [0.29, 0.717) is 16.8 Å². The molecule has 2 amide bonds. The summed E-state index contributed by atoms with van der Waals surface area (Å²) in [6.07, 6.45) is 2.35. The highest BCUT2D eigenvalue weighted by molar-refractivity contribution is 6.22. The number of aromatic nitrogens is 4. The molecular formula is C35H27N5O3. The molecule has 43 heavy (non-hydrogen) atoms. The lowest BCUT2D eigenvalue weighted by Gasteiger charge is -2.55. The molecule has 0 atom stereocenters. The van der Waals surface area contributed by atoms with Gasteiger partial charge in [0.2, 0.25) is 0 Å². The molecule has 8 rings (SSSR count). The van der Waals surface area contributed by atoms with Gasteiger partial charge in [-0.2, -0.15) is 9.61 Å². The van der Waals surface area contributed by atoms with Gasteiger partial charge in [-0.15, -0.1) is 0 Å². The molecule has 0 saturated heterocycles. The lowest BCUT2D eigenvalue weighted by atomic mass is 9.61. The second-order valence-electron chi connectivity index (χ2n) is 11.9. The molecule has 1 N–H and O–H groups in total. The largest absolute Gasteiger partial charge is 0.390 e. The van der Waals surface area contributed by atoms with Crippen molar-refractivity contribution in [1.82, 2.24) is 24.5 Å². The monoisotopic (exact) mass is 565 g/mol.